The van der Waals surface area contributed by atoms with Crippen molar-refractivity contribution in [3.63, 3.8) is 0 Å². The lowest BCUT2D eigenvalue weighted by Crippen LogP contribution is -2.21. The molecule has 1 aliphatic heterocycles. The number of nitriles is 1. The molecule has 0 saturated carbocycles. The Morgan fingerprint density at radius 2 is 1.73 bits per heavy atom. The number of benzene rings is 4. The molecule has 1 atom stereocenters. The molecule has 0 amide bonds. The average molecular weight is 531 g/mol. The zero-order chi connectivity index (χ0) is 27.9. The van der Waals surface area contributed by atoms with Crippen molar-refractivity contribution in [3.05, 3.63) is 137 Å². The summed E-state index contributed by atoms with van der Waals surface area (Å²) in [5.74, 6) is 0.701. The molecule has 0 aromatic heterocycles. The molecule has 0 saturated heterocycles. The van der Waals surface area contributed by atoms with E-state index in [2.05, 4.69) is 6.07 Å². The number of ether oxygens (including phenoxy) is 4. The van der Waals surface area contributed by atoms with Crippen LogP contribution in [0.5, 0.6) is 23.0 Å². The van der Waals surface area contributed by atoms with Crippen molar-refractivity contribution in [2.75, 3.05) is 7.11 Å². The molecule has 4 aromatic carbocycles. The topological polar surface area (TPSA) is 104 Å². The summed E-state index contributed by atoms with van der Waals surface area (Å²) in [5.41, 5.74) is 9.81. The van der Waals surface area contributed by atoms with Gasteiger partial charge < -0.3 is 24.7 Å². The minimum Gasteiger partial charge on any atom is -0.493 e. The quantitative estimate of drug-likeness (QED) is 0.166. The molecule has 0 spiro atoms. The van der Waals surface area contributed by atoms with Crippen molar-refractivity contribution < 1.29 is 23.7 Å². The number of hydrogen-bond acceptors (Lipinski definition) is 7. The van der Waals surface area contributed by atoms with E-state index in [1.807, 2.05) is 78.9 Å². The molecular weight excluding hydrogens is 504 g/mol. The third-order valence-electron chi connectivity index (χ3n) is 6.38. The van der Waals surface area contributed by atoms with Crippen molar-refractivity contribution in [1.82, 2.24) is 0 Å². The number of rotatable bonds is 8. The van der Waals surface area contributed by atoms with Gasteiger partial charge in [-0.15, -0.1) is 0 Å². The van der Waals surface area contributed by atoms with Gasteiger partial charge in [0.15, 0.2) is 11.5 Å². The molecule has 7 nitrogen and oxygen atoms in total. The molecule has 1 unspecified atom stereocenters. The molecule has 198 valence electrons. The van der Waals surface area contributed by atoms with E-state index in [9.17, 15) is 10.1 Å². The second-order valence-electron chi connectivity index (χ2n) is 8.97. The van der Waals surface area contributed by atoms with Gasteiger partial charge in [-0.1, -0.05) is 72.8 Å². The lowest BCUT2D eigenvalue weighted by Gasteiger charge is -2.27. The number of carbonyl (C=O) groups is 1. The zero-order valence-electron chi connectivity index (χ0n) is 21.7. The first kappa shape index (κ1) is 26.1. The van der Waals surface area contributed by atoms with Gasteiger partial charge in [0.1, 0.15) is 29.7 Å². The van der Waals surface area contributed by atoms with E-state index in [-0.39, 0.29) is 17.2 Å². The van der Waals surface area contributed by atoms with E-state index in [0.29, 0.717) is 29.4 Å². The van der Waals surface area contributed by atoms with Crippen LogP contribution in [0.2, 0.25) is 0 Å². The van der Waals surface area contributed by atoms with Crippen molar-refractivity contribution in [1.29, 1.82) is 5.26 Å². The van der Waals surface area contributed by atoms with Crippen molar-refractivity contribution in [2.45, 2.75) is 12.5 Å². The van der Waals surface area contributed by atoms with Crippen LogP contribution in [0.3, 0.4) is 0 Å². The van der Waals surface area contributed by atoms with Crippen LogP contribution < -0.4 is 24.7 Å². The Bertz CT molecular complexity index is 1620. The molecule has 40 heavy (non-hydrogen) atoms. The molecule has 5 rings (SSSR count). The van der Waals surface area contributed by atoms with E-state index in [1.165, 1.54) is 6.08 Å². The van der Waals surface area contributed by atoms with E-state index < -0.39 is 11.9 Å². The van der Waals surface area contributed by atoms with Crippen LogP contribution in [-0.4, -0.2) is 13.1 Å². The summed E-state index contributed by atoms with van der Waals surface area (Å²) in [6.07, 6.45) is 3.03. The molecule has 7 heteroatoms. The average Bonchev–Trinajstić information content (AvgIpc) is 2.99. The van der Waals surface area contributed by atoms with E-state index in [0.717, 1.165) is 16.7 Å². The summed E-state index contributed by atoms with van der Waals surface area (Å²) in [5, 5.41) is 9.94. The highest BCUT2D eigenvalue weighted by molar-refractivity contribution is 5.88. The Labute approximate surface area is 232 Å². The number of fused-ring (bicyclic) bond motifs is 1. The van der Waals surface area contributed by atoms with Gasteiger partial charge in [0.05, 0.1) is 13.0 Å². The fourth-order valence-corrected chi connectivity index (χ4v) is 4.44. The van der Waals surface area contributed by atoms with E-state index in [4.69, 9.17) is 24.7 Å². The SMILES string of the molecule is COc1cc(C2C(C#N)=C(N)Oc3cc(OC(=O)/C=C/c4ccccc4)ccc32)ccc1OCc1ccccc1. The van der Waals surface area contributed by atoms with Gasteiger partial charge in [0.25, 0.3) is 0 Å². The Balaban J connectivity index is 1.40. The molecule has 0 radical (unpaired) electrons. The summed E-state index contributed by atoms with van der Waals surface area (Å²) in [7, 11) is 1.56. The van der Waals surface area contributed by atoms with Gasteiger partial charge >= 0.3 is 5.97 Å². The molecule has 0 fully saturated rings. The van der Waals surface area contributed by atoms with Crippen LogP contribution in [0.25, 0.3) is 6.08 Å². The second-order valence-corrected chi connectivity index (χ2v) is 8.97. The number of nitrogens with two attached hydrogens (primary N) is 1. The number of esters is 1. The first-order valence-electron chi connectivity index (χ1n) is 12.6. The molecule has 0 aliphatic carbocycles. The standard InChI is InChI=1S/C33H26N2O5/c1-37-30-18-24(13-16-28(30)38-21-23-10-6-3-7-11-23)32-26-15-14-25(19-29(26)40-33(35)27(32)20-34)39-31(36)17-12-22-8-4-2-5-9-22/h2-19,32H,21,35H2,1H3/b17-12+. The second kappa shape index (κ2) is 11.9. The van der Waals surface area contributed by atoms with Crippen LogP contribution in [0.15, 0.2) is 115 Å². The van der Waals surface area contributed by atoms with Gasteiger partial charge in [-0.05, 0) is 41.0 Å². The lowest BCUT2D eigenvalue weighted by atomic mass is 9.83. The number of carbonyl (C=O) groups excluding carboxylic acids is 1. The normalized spacial score (nSPS) is 14.2. The van der Waals surface area contributed by atoms with E-state index >= 15 is 0 Å². The van der Waals surface area contributed by atoms with Gasteiger partial charge in [-0.25, -0.2) is 4.79 Å². The van der Waals surface area contributed by atoms with Gasteiger partial charge in [0.2, 0.25) is 5.88 Å². The highest BCUT2D eigenvalue weighted by Crippen LogP contribution is 2.45. The molecule has 1 heterocycles. The summed E-state index contributed by atoms with van der Waals surface area (Å²) >= 11 is 0. The lowest BCUT2D eigenvalue weighted by molar-refractivity contribution is -0.128. The van der Waals surface area contributed by atoms with Crippen LogP contribution in [0.4, 0.5) is 0 Å². The summed E-state index contributed by atoms with van der Waals surface area (Å²) in [4.78, 5) is 12.4. The Hall–Kier alpha value is -5.48. The van der Waals surface area contributed by atoms with E-state index in [1.54, 1.807) is 31.4 Å². The number of methoxy groups -OCH3 is 1. The smallest absolute Gasteiger partial charge is 0.336 e. The van der Waals surface area contributed by atoms with Crippen LogP contribution >= 0.6 is 0 Å². The highest BCUT2D eigenvalue weighted by Gasteiger charge is 2.31. The molecular formula is C33H26N2O5. The maximum absolute atomic E-state index is 12.4. The highest BCUT2D eigenvalue weighted by atomic mass is 16.5. The minimum absolute atomic E-state index is 0.0178. The maximum atomic E-state index is 12.4. The third kappa shape index (κ3) is 5.82. The minimum atomic E-state index is -0.534. The molecule has 2 N–H and O–H groups in total. The molecule has 1 aliphatic rings. The summed E-state index contributed by atoms with van der Waals surface area (Å²) in [6, 6.07) is 32.0. The fourth-order valence-electron chi connectivity index (χ4n) is 4.44. The van der Waals surface area contributed by atoms with Crippen LogP contribution in [0.1, 0.15) is 28.2 Å². The molecule has 0 bridgehead atoms. The number of hydrogen-bond donors (Lipinski definition) is 1. The predicted molar refractivity (Wildman–Crippen MR) is 151 cm³/mol. The van der Waals surface area contributed by atoms with Crippen LogP contribution in [-0.2, 0) is 11.4 Å². The summed E-state index contributed by atoms with van der Waals surface area (Å²) in [6.45, 7) is 0.384. The Morgan fingerprint density at radius 3 is 2.45 bits per heavy atom. The first-order chi connectivity index (χ1) is 19.6. The van der Waals surface area contributed by atoms with Gasteiger partial charge in [-0.2, -0.15) is 5.26 Å². The zero-order valence-corrected chi connectivity index (χ0v) is 21.7. The Morgan fingerprint density at radius 1 is 0.975 bits per heavy atom. The van der Waals surface area contributed by atoms with Crippen molar-refractivity contribution in [3.8, 4) is 29.1 Å². The van der Waals surface area contributed by atoms with Crippen LogP contribution in [0, 0.1) is 11.3 Å². The Kier molecular flexibility index (Phi) is 7.79. The summed E-state index contributed by atoms with van der Waals surface area (Å²) < 4.78 is 22.9. The van der Waals surface area contributed by atoms with Gasteiger partial charge in [0, 0.05) is 17.7 Å². The van der Waals surface area contributed by atoms with Crippen molar-refractivity contribution >= 4 is 12.0 Å². The number of allylic oxidation sites excluding steroid dienone is 1. The third-order valence-corrected chi connectivity index (χ3v) is 6.38. The number of nitrogens with zero attached hydrogens (tertiary/aromatic N) is 1. The van der Waals surface area contributed by atoms with Crippen molar-refractivity contribution in [2.24, 2.45) is 5.73 Å². The fraction of sp³-hybridized carbons (Fsp3) is 0.0909. The monoisotopic (exact) mass is 530 g/mol. The molecule has 4 aromatic rings. The van der Waals surface area contributed by atoms with Gasteiger partial charge in [-0.3, -0.25) is 0 Å². The first-order valence-corrected chi connectivity index (χ1v) is 12.6. The largest absolute Gasteiger partial charge is 0.493 e. The predicted octanol–water partition coefficient (Wildman–Crippen LogP) is 6.11. The maximum Gasteiger partial charge on any atom is 0.336 e.